The molecule has 0 aromatic carbocycles. The van der Waals surface area contributed by atoms with E-state index in [2.05, 4.69) is 12.2 Å². The molecule has 1 aliphatic rings. The van der Waals surface area contributed by atoms with Crippen LogP contribution in [0.2, 0.25) is 0 Å². The van der Waals surface area contributed by atoms with E-state index in [1.807, 2.05) is 27.7 Å². The molecule has 0 bridgehead atoms. The Balaban J connectivity index is 2.37. The van der Waals surface area contributed by atoms with Crippen LogP contribution in [0.4, 0.5) is 0 Å². The molecule has 0 saturated carbocycles. The van der Waals surface area contributed by atoms with Gasteiger partial charge < -0.3 is 14.8 Å². The van der Waals surface area contributed by atoms with Crippen LogP contribution in [0, 0.1) is 5.92 Å². The van der Waals surface area contributed by atoms with Crippen LogP contribution < -0.4 is 5.32 Å². The molecule has 1 N–H and O–H groups in total. The normalized spacial score (nSPS) is 24.4. The average Bonchev–Trinajstić information content (AvgIpc) is 2.67. The standard InChI is InChI=1S/C13H25NO3/c1-9(11-6-7-16-8-11)14-10(2)12(15)17-13(3,4)5/h9-11,14H,6-8H2,1-5H3. The summed E-state index contributed by atoms with van der Waals surface area (Å²) in [5, 5.41) is 3.29. The highest BCUT2D eigenvalue weighted by Gasteiger charge is 2.27. The number of carbonyl (C=O) groups is 1. The Labute approximate surface area is 104 Å². The van der Waals surface area contributed by atoms with Gasteiger partial charge in [-0.25, -0.2) is 0 Å². The Hall–Kier alpha value is -0.610. The smallest absolute Gasteiger partial charge is 0.323 e. The molecule has 4 heteroatoms. The lowest BCUT2D eigenvalue weighted by molar-refractivity contribution is -0.157. The number of nitrogens with one attached hydrogen (secondary N) is 1. The molecule has 0 radical (unpaired) electrons. The van der Waals surface area contributed by atoms with Crippen LogP contribution in [0.15, 0.2) is 0 Å². The highest BCUT2D eigenvalue weighted by Crippen LogP contribution is 2.17. The Bertz CT molecular complexity index is 254. The fourth-order valence-electron chi connectivity index (χ4n) is 1.94. The SMILES string of the molecule is CC(NC(C)C1CCOC1)C(=O)OC(C)(C)C. The number of hydrogen-bond acceptors (Lipinski definition) is 4. The minimum atomic E-state index is -0.424. The van der Waals surface area contributed by atoms with Gasteiger partial charge >= 0.3 is 5.97 Å². The second-order valence-corrected chi connectivity index (χ2v) is 5.83. The summed E-state index contributed by atoms with van der Waals surface area (Å²) in [7, 11) is 0. The van der Waals surface area contributed by atoms with Gasteiger partial charge in [-0.1, -0.05) is 0 Å². The fraction of sp³-hybridized carbons (Fsp3) is 0.923. The molecule has 3 unspecified atom stereocenters. The Morgan fingerprint density at radius 3 is 2.53 bits per heavy atom. The van der Waals surface area contributed by atoms with Gasteiger partial charge in [-0.3, -0.25) is 4.79 Å². The van der Waals surface area contributed by atoms with Crippen molar-refractivity contribution in [3.8, 4) is 0 Å². The molecule has 0 aliphatic carbocycles. The summed E-state index contributed by atoms with van der Waals surface area (Å²) in [6.45, 7) is 11.2. The first-order valence-electron chi connectivity index (χ1n) is 6.36. The van der Waals surface area contributed by atoms with Crippen molar-refractivity contribution in [2.45, 2.75) is 58.7 Å². The summed E-state index contributed by atoms with van der Waals surface area (Å²) in [5.74, 6) is 0.308. The van der Waals surface area contributed by atoms with Gasteiger partial charge in [0.1, 0.15) is 11.6 Å². The zero-order valence-corrected chi connectivity index (χ0v) is 11.6. The maximum Gasteiger partial charge on any atom is 0.323 e. The third-order valence-corrected chi connectivity index (χ3v) is 2.95. The molecule has 3 atom stereocenters. The van der Waals surface area contributed by atoms with E-state index in [0.29, 0.717) is 5.92 Å². The number of ether oxygens (including phenoxy) is 2. The molecule has 4 nitrogen and oxygen atoms in total. The third kappa shape index (κ3) is 5.04. The molecule has 1 saturated heterocycles. The zero-order chi connectivity index (χ0) is 13.1. The quantitative estimate of drug-likeness (QED) is 0.764. The molecule has 1 fully saturated rings. The van der Waals surface area contributed by atoms with Crippen molar-refractivity contribution in [1.82, 2.24) is 5.32 Å². The zero-order valence-electron chi connectivity index (χ0n) is 11.6. The number of esters is 1. The predicted molar refractivity (Wildman–Crippen MR) is 66.8 cm³/mol. The van der Waals surface area contributed by atoms with Crippen molar-refractivity contribution in [3.05, 3.63) is 0 Å². The van der Waals surface area contributed by atoms with E-state index in [-0.39, 0.29) is 18.1 Å². The summed E-state index contributed by atoms with van der Waals surface area (Å²) in [4.78, 5) is 11.8. The van der Waals surface area contributed by atoms with Crippen LogP contribution in [0.5, 0.6) is 0 Å². The molecule has 17 heavy (non-hydrogen) atoms. The fourth-order valence-corrected chi connectivity index (χ4v) is 1.94. The third-order valence-electron chi connectivity index (χ3n) is 2.95. The van der Waals surface area contributed by atoms with Crippen LogP contribution in [0.25, 0.3) is 0 Å². The van der Waals surface area contributed by atoms with E-state index >= 15 is 0 Å². The molecule has 0 aromatic rings. The van der Waals surface area contributed by atoms with Gasteiger partial charge in [-0.05, 0) is 47.0 Å². The minimum absolute atomic E-state index is 0.191. The van der Waals surface area contributed by atoms with Crippen LogP contribution in [-0.4, -0.2) is 36.9 Å². The van der Waals surface area contributed by atoms with Crippen LogP contribution >= 0.6 is 0 Å². The largest absolute Gasteiger partial charge is 0.459 e. The van der Waals surface area contributed by atoms with E-state index in [1.54, 1.807) is 0 Å². The van der Waals surface area contributed by atoms with Crippen LogP contribution in [0.3, 0.4) is 0 Å². The van der Waals surface area contributed by atoms with Gasteiger partial charge in [-0.15, -0.1) is 0 Å². The monoisotopic (exact) mass is 243 g/mol. The number of rotatable bonds is 4. The summed E-state index contributed by atoms with van der Waals surface area (Å²) < 4.78 is 10.7. The summed E-state index contributed by atoms with van der Waals surface area (Å²) >= 11 is 0. The molecule has 1 heterocycles. The van der Waals surface area contributed by atoms with E-state index in [4.69, 9.17) is 9.47 Å². The Kier molecular flexibility index (Phi) is 4.95. The summed E-state index contributed by atoms with van der Waals surface area (Å²) in [5.41, 5.74) is -0.424. The van der Waals surface area contributed by atoms with Crippen LogP contribution in [0.1, 0.15) is 41.0 Å². The molecule has 100 valence electrons. The van der Waals surface area contributed by atoms with E-state index in [1.165, 1.54) is 0 Å². The highest BCUT2D eigenvalue weighted by molar-refractivity contribution is 5.75. The lowest BCUT2D eigenvalue weighted by Crippen LogP contribution is -2.46. The summed E-state index contributed by atoms with van der Waals surface area (Å²) in [6.07, 6.45) is 1.06. The van der Waals surface area contributed by atoms with Gasteiger partial charge in [0.05, 0.1) is 6.61 Å². The Morgan fingerprint density at radius 2 is 2.06 bits per heavy atom. The van der Waals surface area contributed by atoms with Crippen molar-refractivity contribution in [3.63, 3.8) is 0 Å². The molecule has 1 rings (SSSR count). The maximum absolute atomic E-state index is 11.8. The minimum Gasteiger partial charge on any atom is -0.459 e. The molecular weight excluding hydrogens is 218 g/mol. The van der Waals surface area contributed by atoms with Crippen molar-refractivity contribution >= 4 is 5.97 Å². The highest BCUT2D eigenvalue weighted by atomic mass is 16.6. The predicted octanol–water partition coefficient (Wildman–Crippen LogP) is 1.73. The first kappa shape index (κ1) is 14.5. The number of hydrogen-bond donors (Lipinski definition) is 1. The first-order valence-corrected chi connectivity index (χ1v) is 6.36. The number of carbonyl (C=O) groups excluding carboxylic acids is 1. The van der Waals surface area contributed by atoms with Gasteiger partial charge in [0, 0.05) is 12.6 Å². The second kappa shape index (κ2) is 5.83. The Morgan fingerprint density at radius 1 is 1.41 bits per heavy atom. The lowest BCUT2D eigenvalue weighted by Gasteiger charge is -2.26. The maximum atomic E-state index is 11.8. The van der Waals surface area contributed by atoms with Crippen molar-refractivity contribution in [2.75, 3.05) is 13.2 Å². The van der Waals surface area contributed by atoms with Gasteiger partial charge in [-0.2, -0.15) is 0 Å². The molecule has 0 amide bonds. The topological polar surface area (TPSA) is 47.6 Å². The lowest BCUT2D eigenvalue weighted by atomic mass is 10.00. The second-order valence-electron chi connectivity index (χ2n) is 5.83. The molecule has 0 aromatic heterocycles. The average molecular weight is 243 g/mol. The van der Waals surface area contributed by atoms with Crippen LogP contribution in [-0.2, 0) is 14.3 Å². The van der Waals surface area contributed by atoms with E-state index < -0.39 is 5.60 Å². The van der Waals surface area contributed by atoms with Crippen molar-refractivity contribution < 1.29 is 14.3 Å². The molecule has 1 aliphatic heterocycles. The molecular formula is C13H25NO3. The van der Waals surface area contributed by atoms with Crippen molar-refractivity contribution in [1.29, 1.82) is 0 Å². The molecule has 0 spiro atoms. The van der Waals surface area contributed by atoms with Gasteiger partial charge in [0.2, 0.25) is 0 Å². The van der Waals surface area contributed by atoms with E-state index in [0.717, 1.165) is 19.6 Å². The first-order chi connectivity index (χ1) is 7.79. The van der Waals surface area contributed by atoms with Gasteiger partial charge in [0.15, 0.2) is 0 Å². The van der Waals surface area contributed by atoms with E-state index in [9.17, 15) is 4.79 Å². The van der Waals surface area contributed by atoms with Crippen molar-refractivity contribution in [2.24, 2.45) is 5.92 Å². The van der Waals surface area contributed by atoms with Gasteiger partial charge in [0.25, 0.3) is 0 Å². The summed E-state index contributed by atoms with van der Waals surface area (Å²) in [6, 6.07) is 0.00448.